The first-order valence-electron chi connectivity index (χ1n) is 8.37. The van der Waals surface area contributed by atoms with Gasteiger partial charge in [-0.3, -0.25) is 4.79 Å². The maximum Gasteiger partial charge on any atom is 0.417 e. The van der Waals surface area contributed by atoms with E-state index in [2.05, 4.69) is 20.3 Å². The van der Waals surface area contributed by atoms with Crippen LogP contribution in [0.4, 0.5) is 19.1 Å². The molecular weight excluding hydrogens is 363 g/mol. The normalized spacial score (nSPS) is 14.3. The van der Waals surface area contributed by atoms with E-state index in [9.17, 15) is 18.0 Å². The molecule has 0 atom stereocenters. The predicted octanol–water partition coefficient (Wildman–Crippen LogP) is 2.43. The summed E-state index contributed by atoms with van der Waals surface area (Å²) in [6, 6.07) is 4.70. The molecule has 0 saturated carbocycles. The van der Waals surface area contributed by atoms with E-state index in [-0.39, 0.29) is 18.4 Å². The summed E-state index contributed by atoms with van der Waals surface area (Å²) >= 11 is 0. The number of benzene rings is 1. The van der Waals surface area contributed by atoms with Gasteiger partial charge in [0.25, 0.3) is 5.91 Å². The highest BCUT2D eigenvalue weighted by atomic mass is 19.4. The third-order valence-electron chi connectivity index (χ3n) is 4.11. The first-order valence-corrected chi connectivity index (χ1v) is 8.37. The van der Waals surface area contributed by atoms with Crippen molar-refractivity contribution in [2.24, 2.45) is 0 Å². The summed E-state index contributed by atoms with van der Waals surface area (Å²) in [4.78, 5) is 26.7. The molecule has 1 aromatic heterocycles. The Morgan fingerprint density at radius 2 is 1.89 bits per heavy atom. The van der Waals surface area contributed by atoms with Crippen LogP contribution in [0.1, 0.15) is 34.6 Å². The molecule has 144 valence electrons. The van der Waals surface area contributed by atoms with Crippen LogP contribution in [0.25, 0.3) is 0 Å². The zero-order valence-corrected chi connectivity index (χ0v) is 14.6. The average molecular weight is 381 g/mol. The average Bonchev–Trinajstić information content (AvgIpc) is 3.20. The Kier molecular flexibility index (Phi) is 5.43. The van der Waals surface area contributed by atoms with E-state index in [4.69, 9.17) is 4.74 Å². The molecule has 1 aliphatic rings. The molecule has 2 aromatic rings. The summed E-state index contributed by atoms with van der Waals surface area (Å²) in [5.74, 6) is -0.217. The number of hydrogen-bond acceptors (Lipinski definition) is 6. The molecule has 0 bridgehead atoms. The van der Waals surface area contributed by atoms with Crippen LogP contribution in [-0.4, -0.2) is 41.1 Å². The molecule has 1 amide bonds. The molecule has 3 rings (SSSR count). The molecule has 2 heterocycles. The fourth-order valence-corrected chi connectivity index (χ4v) is 2.80. The molecule has 1 saturated heterocycles. The Hall–Kier alpha value is -2.91. The van der Waals surface area contributed by atoms with E-state index in [1.807, 2.05) is 4.90 Å². The lowest BCUT2D eigenvalue weighted by atomic mass is 10.1. The molecule has 1 fully saturated rings. The molecular formula is C17H18F3N5O2. The van der Waals surface area contributed by atoms with Crippen molar-refractivity contribution < 1.29 is 22.7 Å². The number of nitrogens with one attached hydrogen (secondary N) is 1. The summed E-state index contributed by atoms with van der Waals surface area (Å²) < 4.78 is 44.2. The van der Waals surface area contributed by atoms with Crippen molar-refractivity contribution in [1.29, 1.82) is 0 Å². The van der Waals surface area contributed by atoms with Gasteiger partial charge < -0.3 is 15.0 Å². The number of ether oxygens (including phenoxy) is 1. The van der Waals surface area contributed by atoms with E-state index in [1.165, 1.54) is 19.2 Å². The SMILES string of the molecule is COc1nc(CNC(=O)c2ccccc2C(F)(F)F)nc(N2CCCC2)n1. The van der Waals surface area contributed by atoms with Crippen LogP contribution >= 0.6 is 0 Å². The maximum atomic E-state index is 13.1. The van der Waals surface area contributed by atoms with Crippen LogP contribution in [-0.2, 0) is 12.7 Å². The number of alkyl halides is 3. The third kappa shape index (κ3) is 4.44. The second-order valence-corrected chi connectivity index (χ2v) is 5.96. The minimum absolute atomic E-state index is 0.0897. The fourth-order valence-electron chi connectivity index (χ4n) is 2.80. The van der Waals surface area contributed by atoms with Crippen molar-refractivity contribution in [3.8, 4) is 6.01 Å². The summed E-state index contributed by atoms with van der Waals surface area (Å²) in [7, 11) is 1.41. The molecule has 1 aromatic carbocycles. The van der Waals surface area contributed by atoms with E-state index < -0.39 is 23.2 Å². The third-order valence-corrected chi connectivity index (χ3v) is 4.11. The Bertz CT molecular complexity index is 822. The first-order chi connectivity index (χ1) is 12.9. The number of rotatable bonds is 5. The molecule has 1 aliphatic heterocycles. The molecule has 0 radical (unpaired) electrons. The van der Waals surface area contributed by atoms with Crippen molar-refractivity contribution in [2.75, 3.05) is 25.1 Å². The molecule has 7 nitrogen and oxygen atoms in total. The number of nitrogens with zero attached hydrogens (tertiary/aromatic N) is 4. The van der Waals surface area contributed by atoms with Gasteiger partial charge in [0.1, 0.15) is 0 Å². The molecule has 0 aliphatic carbocycles. The van der Waals surface area contributed by atoms with Gasteiger partial charge in [0.05, 0.1) is 24.8 Å². The highest BCUT2D eigenvalue weighted by Gasteiger charge is 2.34. The van der Waals surface area contributed by atoms with E-state index in [1.54, 1.807) is 0 Å². The Morgan fingerprint density at radius 3 is 2.56 bits per heavy atom. The van der Waals surface area contributed by atoms with Gasteiger partial charge in [0, 0.05) is 13.1 Å². The minimum atomic E-state index is -4.62. The van der Waals surface area contributed by atoms with E-state index in [0.29, 0.717) is 5.95 Å². The highest BCUT2D eigenvalue weighted by molar-refractivity contribution is 5.95. The highest BCUT2D eigenvalue weighted by Crippen LogP contribution is 2.31. The molecule has 0 unspecified atom stereocenters. The Morgan fingerprint density at radius 1 is 1.19 bits per heavy atom. The number of carbonyl (C=O) groups is 1. The van der Waals surface area contributed by atoms with Gasteiger partial charge in [0.15, 0.2) is 5.82 Å². The van der Waals surface area contributed by atoms with Crippen LogP contribution < -0.4 is 15.0 Å². The number of halogens is 3. The summed E-state index contributed by atoms with van der Waals surface area (Å²) in [6.45, 7) is 1.46. The second-order valence-electron chi connectivity index (χ2n) is 5.96. The first kappa shape index (κ1) is 18.9. The second kappa shape index (κ2) is 7.77. The maximum absolute atomic E-state index is 13.1. The quantitative estimate of drug-likeness (QED) is 0.857. The lowest BCUT2D eigenvalue weighted by molar-refractivity contribution is -0.137. The van der Waals surface area contributed by atoms with E-state index in [0.717, 1.165) is 38.1 Å². The van der Waals surface area contributed by atoms with Gasteiger partial charge in [0.2, 0.25) is 5.95 Å². The smallest absolute Gasteiger partial charge is 0.417 e. The zero-order chi connectivity index (χ0) is 19.4. The van der Waals surface area contributed by atoms with Gasteiger partial charge in [-0.15, -0.1) is 0 Å². The van der Waals surface area contributed by atoms with Gasteiger partial charge in [-0.2, -0.15) is 28.1 Å². The van der Waals surface area contributed by atoms with E-state index >= 15 is 0 Å². The number of hydrogen-bond donors (Lipinski definition) is 1. The molecule has 10 heteroatoms. The molecule has 1 N–H and O–H groups in total. The number of anilines is 1. The summed E-state index contributed by atoms with van der Waals surface area (Å²) in [5, 5.41) is 2.43. The van der Waals surface area contributed by atoms with Gasteiger partial charge >= 0.3 is 12.2 Å². The zero-order valence-electron chi connectivity index (χ0n) is 14.6. The number of methoxy groups -OCH3 is 1. The predicted molar refractivity (Wildman–Crippen MR) is 90.4 cm³/mol. The molecule has 27 heavy (non-hydrogen) atoms. The molecule has 0 spiro atoms. The van der Waals surface area contributed by atoms with Crippen molar-refractivity contribution in [3.63, 3.8) is 0 Å². The van der Waals surface area contributed by atoms with Crippen molar-refractivity contribution >= 4 is 11.9 Å². The Balaban J connectivity index is 1.77. The van der Waals surface area contributed by atoms with Crippen LogP contribution in [0, 0.1) is 0 Å². The monoisotopic (exact) mass is 381 g/mol. The van der Waals surface area contributed by atoms with Gasteiger partial charge in [-0.05, 0) is 25.0 Å². The van der Waals surface area contributed by atoms with Crippen LogP contribution in [0.15, 0.2) is 24.3 Å². The minimum Gasteiger partial charge on any atom is -0.467 e. The van der Waals surface area contributed by atoms with Crippen LogP contribution in [0.3, 0.4) is 0 Å². The topological polar surface area (TPSA) is 80.2 Å². The number of carbonyl (C=O) groups excluding carboxylic acids is 1. The van der Waals surface area contributed by atoms with Crippen molar-refractivity contribution in [2.45, 2.75) is 25.6 Å². The van der Waals surface area contributed by atoms with Crippen molar-refractivity contribution in [3.05, 3.63) is 41.2 Å². The number of amides is 1. The summed E-state index contributed by atoms with van der Waals surface area (Å²) in [5.41, 5.74) is -1.45. The number of aromatic nitrogens is 3. The Labute approximate surface area is 153 Å². The van der Waals surface area contributed by atoms with Crippen LogP contribution in [0.5, 0.6) is 6.01 Å². The standard InChI is InChI=1S/C17H18F3N5O2/c1-27-16-23-13(22-15(24-16)25-8-4-5-9-25)10-21-14(26)11-6-2-3-7-12(11)17(18,19)20/h2-3,6-7H,4-5,8-10H2,1H3,(H,21,26). The lowest BCUT2D eigenvalue weighted by Gasteiger charge is -2.16. The largest absolute Gasteiger partial charge is 0.467 e. The van der Waals surface area contributed by atoms with Crippen LogP contribution in [0.2, 0.25) is 0 Å². The fraction of sp³-hybridized carbons (Fsp3) is 0.412. The summed E-state index contributed by atoms with van der Waals surface area (Å²) in [6.07, 6.45) is -2.57. The van der Waals surface area contributed by atoms with Gasteiger partial charge in [-0.1, -0.05) is 12.1 Å². The van der Waals surface area contributed by atoms with Crippen molar-refractivity contribution in [1.82, 2.24) is 20.3 Å². The van der Waals surface area contributed by atoms with Gasteiger partial charge in [-0.25, -0.2) is 0 Å². The lowest BCUT2D eigenvalue weighted by Crippen LogP contribution is -2.28.